The number of H-pyrrole nitrogens is 1. The number of hydrogen-bond donors (Lipinski definition) is 3. The number of carbonyl (C=O) groups excluding carboxylic acids is 1. The monoisotopic (exact) mass is 358 g/mol. The average molecular weight is 359 g/mol. The van der Waals surface area contributed by atoms with Crippen molar-refractivity contribution in [2.75, 3.05) is 25.6 Å². The predicted molar refractivity (Wildman–Crippen MR) is 100 cm³/mol. The summed E-state index contributed by atoms with van der Waals surface area (Å²) in [4.78, 5) is 19.7. The Morgan fingerprint density at radius 1 is 1.36 bits per heavy atom. The number of nitrogens with zero attached hydrogens (tertiary/aromatic N) is 1. The van der Waals surface area contributed by atoms with Gasteiger partial charge in [-0.15, -0.1) is 0 Å². The second kappa shape index (κ2) is 8.00. The smallest absolute Gasteiger partial charge is 0.319 e. The quantitative estimate of drug-likeness (QED) is 0.582. The van der Waals surface area contributed by atoms with Crippen molar-refractivity contribution in [1.29, 1.82) is 0 Å². The number of fused-ring (bicyclic) bond motifs is 1. The van der Waals surface area contributed by atoms with Crippen molar-refractivity contribution in [3.63, 3.8) is 0 Å². The van der Waals surface area contributed by atoms with Crippen LogP contribution in [-0.4, -0.2) is 36.3 Å². The number of halogens is 1. The van der Waals surface area contributed by atoms with Crippen LogP contribution in [0.15, 0.2) is 42.7 Å². The molecule has 0 spiro atoms. The zero-order chi connectivity index (χ0) is 17.6. The van der Waals surface area contributed by atoms with Crippen LogP contribution in [0.4, 0.5) is 10.5 Å². The molecule has 0 unspecified atom stereocenters. The van der Waals surface area contributed by atoms with Crippen LogP contribution < -0.4 is 10.6 Å². The van der Waals surface area contributed by atoms with Gasteiger partial charge in [-0.2, -0.15) is 0 Å². The fourth-order valence-electron chi connectivity index (χ4n) is 2.60. The highest BCUT2D eigenvalue weighted by atomic mass is 35.5. The van der Waals surface area contributed by atoms with Crippen molar-refractivity contribution in [2.45, 2.75) is 6.42 Å². The largest absolute Gasteiger partial charge is 0.385 e. The predicted octanol–water partition coefficient (Wildman–Crippen LogP) is 4.04. The van der Waals surface area contributed by atoms with Crippen molar-refractivity contribution in [2.24, 2.45) is 0 Å². The third-order valence-electron chi connectivity index (χ3n) is 3.76. The molecule has 3 rings (SSSR count). The maximum absolute atomic E-state index is 12.3. The molecule has 0 aliphatic carbocycles. The van der Waals surface area contributed by atoms with Crippen LogP contribution in [-0.2, 0) is 4.74 Å². The fraction of sp³-hybridized carbons (Fsp3) is 0.222. The third kappa shape index (κ3) is 4.10. The van der Waals surface area contributed by atoms with E-state index < -0.39 is 0 Å². The van der Waals surface area contributed by atoms with E-state index in [-0.39, 0.29) is 6.03 Å². The molecule has 0 saturated carbocycles. The lowest BCUT2D eigenvalue weighted by Crippen LogP contribution is -2.30. The van der Waals surface area contributed by atoms with E-state index in [1.165, 1.54) is 0 Å². The van der Waals surface area contributed by atoms with Gasteiger partial charge in [0, 0.05) is 54.1 Å². The Bertz CT molecular complexity index is 864. The van der Waals surface area contributed by atoms with Gasteiger partial charge in [-0.3, -0.25) is 4.98 Å². The summed E-state index contributed by atoms with van der Waals surface area (Å²) in [6.45, 7) is 1.13. The maximum atomic E-state index is 12.3. The topological polar surface area (TPSA) is 79.0 Å². The van der Waals surface area contributed by atoms with Gasteiger partial charge in [0.25, 0.3) is 0 Å². The number of urea groups is 1. The van der Waals surface area contributed by atoms with E-state index in [1.54, 1.807) is 19.5 Å². The van der Waals surface area contributed by atoms with Gasteiger partial charge < -0.3 is 20.4 Å². The zero-order valence-electron chi connectivity index (χ0n) is 13.8. The summed E-state index contributed by atoms with van der Waals surface area (Å²) in [6.07, 6.45) is 4.20. The molecule has 2 heterocycles. The summed E-state index contributed by atoms with van der Waals surface area (Å²) in [5, 5.41) is 7.20. The van der Waals surface area contributed by atoms with Gasteiger partial charge in [0.2, 0.25) is 0 Å². The highest BCUT2D eigenvalue weighted by molar-refractivity contribution is 6.31. The molecular formula is C18H19ClN4O2. The van der Waals surface area contributed by atoms with Gasteiger partial charge in [0.1, 0.15) is 0 Å². The van der Waals surface area contributed by atoms with Crippen molar-refractivity contribution in [3.05, 3.63) is 47.7 Å². The fourth-order valence-corrected chi connectivity index (χ4v) is 2.77. The first-order valence-electron chi connectivity index (χ1n) is 7.94. The maximum Gasteiger partial charge on any atom is 0.319 e. The van der Waals surface area contributed by atoms with Crippen LogP contribution >= 0.6 is 11.6 Å². The number of aromatic amines is 1. The summed E-state index contributed by atoms with van der Waals surface area (Å²) in [5.41, 5.74) is 3.23. The van der Waals surface area contributed by atoms with Crippen LogP contribution in [0.3, 0.4) is 0 Å². The SMILES string of the molecule is COCCCNC(=O)Nc1c(-c2cccnc2)[nH]c2ccc(Cl)cc12. The number of anilines is 1. The molecule has 0 fully saturated rings. The summed E-state index contributed by atoms with van der Waals surface area (Å²) < 4.78 is 4.98. The van der Waals surface area contributed by atoms with Crippen LogP contribution in [0.2, 0.25) is 5.02 Å². The number of nitrogens with one attached hydrogen (secondary N) is 3. The van der Waals surface area contributed by atoms with Crippen LogP contribution in [0.25, 0.3) is 22.2 Å². The molecule has 25 heavy (non-hydrogen) atoms. The van der Waals surface area contributed by atoms with E-state index in [1.807, 2.05) is 30.3 Å². The molecule has 0 aliphatic heterocycles. The molecule has 130 valence electrons. The Balaban J connectivity index is 1.91. The number of pyridine rings is 1. The van der Waals surface area contributed by atoms with Gasteiger partial charge in [-0.1, -0.05) is 11.6 Å². The molecule has 3 N–H and O–H groups in total. The Morgan fingerprint density at radius 3 is 3.00 bits per heavy atom. The lowest BCUT2D eigenvalue weighted by Gasteiger charge is -2.09. The number of rotatable bonds is 6. The number of hydrogen-bond acceptors (Lipinski definition) is 3. The minimum absolute atomic E-state index is 0.276. The average Bonchev–Trinajstić information content (AvgIpc) is 2.97. The summed E-state index contributed by atoms with van der Waals surface area (Å²) >= 11 is 6.13. The Kier molecular flexibility index (Phi) is 5.53. The highest BCUT2D eigenvalue weighted by Crippen LogP contribution is 2.35. The summed E-state index contributed by atoms with van der Waals surface area (Å²) in [7, 11) is 1.63. The van der Waals surface area contributed by atoms with Gasteiger partial charge >= 0.3 is 6.03 Å². The number of methoxy groups -OCH3 is 1. The molecule has 7 heteroatoms. The van der Waals surface area contributed by atoms with Crippen LogP contribution in [0, 0.1) is 0 Å². The molecule has 0 saturated heterocycles. The molecule has 3 aromatic rings. The minimum atomic E-state index is -0.276. The van der Waals surface area contributed by atoms with E-state index in [0.29, 0.717) is 23.9 Å². The standard InChI is InChI=1S/C18H19ClN4O2/c1-25-9-3-8-21-18(24)23-17-14-10-13(19)5-6-15(14)22-16(17)12-4-2-7-20-11-12/h2,4-7,10-11,22H,3,8-9H2,1H3,(H2,21,23,24). The molecule has 0 radical (unpaired) electrons. The molecule has 6 nitrogen and oxygen atoms in total. The normalized spacial score (nSPS) is 10.8. The van der Waals surface area contributed by atoms with E-state index in [2.05, 4.69) is 20.6 Å². The molecule has 0 atom stereocenters. The van der Waals surface area contributed by atoms with Crippen molar-refractivity contribution >= 4 is 34.2 Å². The third-order valence-corrected chi connectivity index (χ3v) is 4.00. The molecule has 0 aliphatic rings. The van der Waals surface area contributed by atoms with Gasteiger partial charge in [-0.25, -0.2) is 4.79 Å². The molecular weight excluding hydrogens is 340 g/mol. The minimum Gasteiger partial charge on any atom is -0.385 e. The molecule has 2 amide bonds. The second-order valence-corrected chi connectivity index (χ2v) is 5.97. The lowest BCUT2D eigenvalue weighted by molar-refractivity contribution is 0.194. The summed E-state index contributed by atoms with van der Waals surface area (Å²) in [5.74, 6) is 0. The van der Waals surface area contributed by atoms with Gasteiger partial charge in [0.05, 0.1) is 11.4 Å². The number of amides is 2. The van der Waals surface area contributed by atoms with E-state index in [9.17, 15) is 4.79 Å². The summed E-state index contributed by atoms with van der Waals surface area (Å²) in [6, 6.07) is 9.03. The zero-order valence-corrected chi connectivity index (χ0v) is 14.6. The first-order chi connectivity index (χ1) is 12.2. The van der Waals surface area contributed by atoms with Gasteiger partial charge in [-0.05, 0) is 36.8 Å². The van der Waals surface area contributed by atoms with E-state index >= 15 is 0 Å². The van der Waals surface area contributed by atoms with Crippen molar-refractivity contribution in [3.8, 4) is 11.3 Å². The molecule has 1 aromatic carbocycles. The molecule has 2 aromatic heterocycles. The number of carbonyl (C=O) groups is 1. The van der Waals surface area contributed by atoms with Gasteiger partial charge in [0.15, 0.2) is 0 Å². The first-order valence-corrected chi connectivity index (χ1v) is 8.32. The van der Waals surface area contributed by atoms with E-state index in [0.717, 1.165) is 28.6 Å². The first kappa shape index (κ1) is 17.3. The Labute approximate surface area is 150 Å². The molecule has 0 bridgehead atoms. The number of ether oxygens (including phenoxy) is 1. The number of aromatic nitrogens is 2. The lowest BCUT2D eigenvalue weighted by atomic mass is 10.1. The highest BCUT2D eigenvalue weighted by Gasteiger charge is 2.16. The van der Waals surface area contributed by atoms with E-state index in [4.69, 9.17) is 16.3 Å². The van der Waals surface area contributed by atoms with Crippen molar-refractivity contribution < 1.29 is 9.53 Å². The van der Waals surface area contributed by atoms with Crippen LogP contribution in [0.1, 0.15) is 6.42 Å². The number of benzene rings is 1. The van der Waals surface area contributed by atoms with Crippen LogP contribution in [0.5, 0.6) is 0 Å². The Hall–Kier alpha value is -2.57. The van der Waals surface area contributed by atoms with Crippen molar-refractivity contribution in [1.82, 2.24) is 15.3 Å². The second-order valence-electron chi connectivity index (χ2n) is 5.53. The Morgan fingerprint density at radius 2 is 2.24 bits per heavy atom.